The van der Waals surface area contributed by atoms with Crippen LogP contribution in [-0.4, -0.2) is 33.7 Å². The molecule has 2 aromatic rings. The van der Waals surface area contributed by atoms with Crippen molar-refractivity contribution in [3.05, 3.63) is 53.2 Å². The van der Waals surface area contributed by atoms with Crippen LogP contribution in [0.1, 0.15) is 53.0 Å². The molecule has 1 aliphatic carbocycles. The van der Waals surface area contributed by atoms with E-state index in [1.54, 1.807) is 18.2 Å². The number of aliphatic hydroxyl groups is 1. The minimum atomic E-state index is -0.627. The van der Waals surface area contributed by atoms with Crippen LogP contribution in [0.2, 0.25) is 0 Å². The topological polar surface area (TPSA) is 66.6 Å². The van der Waals surface area contributed by atoms with Crippen molar-refractivity contribution in [2.24, 2.45) is 0 Å². The molecular formula is C17H17FN2O3. The number of rotatable bonds is 3. The maximum Gasteiger partial charge on any atom is 0.293 e. The molecule has 1 N–H and O–H groups in total. The van der Waals surface area contributed by atoms with Gasteiger partial charge in [0.1, 0.15) is 5.82 Å². The van der Waals surface area contributed by atoms with Gasteiger partial charge in [-0.2, -0.15) is 0 Å². The Morgan fingerprint density at radius 1 is 1.35 bits per heavy atom. The van der Waals surface area contributed by atoms with E-state index < -0.39 is 6.10 Å². The van der Waals surface area contributed by atoms with Crippen LogP contribution in [0.5, 0.6) is 0 Å². The number of amides is 1. The van der Waals surface area contributed by atoms with Crippen molar-refractivity contribution >= 4 is 5.91 Å². The maximum absolute atomic E-state index is 13.5. The van der Waals surface area contributed by atoms with E-state index in [1.165, 1.54) is 17.0 Å². The Bertz CT molecular complexity index is 741. The van der Waals surface area contributed by atoms with Crippen LogP contribution in [0, 0.1) is 5.82 Å². The molecule has 2 heterocycles. The number of carbonyl (C=O) groups is 1. The third-order valence-electron chi connectivity index (χ3n) is 4.51. The second-order valence-electron chi connectivity index (χ2n) is 6.31. The molecule has 4 rings (SSSR count). The van der Waals surface area contributed by atoms with Gasteiger partial charge < -0.3 is 14.5 Å². The standard InChI is InChI=1S/C17H17FN2O3/c18-12-3-1-2-11(6-12)15-7-13(21)9-20(15)17(22)16-8-14(19-23-16)10-4-5-10/h1-3,6,8,10,13,15,21H,4-5,7,9H2/t13-,15+/m1/s1. The first-order chi connectivity index (χ1) is 11.1. The average molecular weight is 316 g/mol. The van der Waals surface area contributed by atoms with Gasteiger partial charge >= 0.3 is 0 Å². The predicted molar refractivity (Wildman–Crippen MR) is 79.3 cm³/mol. The molecule has 2 atom stereocenters. The van der Waals surface area contributed by atoms with Crippen molar-refractivity contribution in [2.45, 2.75) is 37.3 Å². The third kappa shape index (κ3) is 2.74. The summed E-state index contributed by atoms with van der Waals surface area (Å²) in [5.74, 6) is -0.0759. The lowest BCUT2D eigenvalue weighted by Gasteiger charge is -2.23. The number of aliphatic hydroxyl groups excluding tert-OH is 1. The molecule has 0 radical (unpaired) electrons. The lowest BCUT2D eigenvalue weighted by molar-refractivity contribution is 0.0673. The van der Waals surface area contributed by atoms with E-state index in [9.17, 15) is 14.3 Å². The normalized spacial score (nSPS) is 24.2. The van der Waals surface area contributed by atoms with Crippen molar-refractivity contribution in [3.8, 4) is 0 Å². The highest BCUT2D eigenvalue weighted by Gasteiger charge is 2.38. The van der Waals surface area contributed by atoms with Gasteiger partial charge in [-0.3, -0.25) is 4.79 Å². The molecule has 1 aromatic carbocycles. The van der Waals surface area contributed by atoms with Crippen LogP contribution in [0.3, 0.4) is 0 Å². The van der Waals surface area contributed by atoms with Crippen molar-refractivity contribution in [1.82, 2.24) is 10.1 Å². The molecule has 2 fully saturated rings. The zero-order chi connectivity index (χ0) is 16.0. The summed E-state index contributed by atoms with van der Waals surface area (Å²) in [7, 11) is 0. The summed E-state index contributed by atoms with van der Waals surface area (Å²) < 4.78 is 18.7. The molecule has 1 aliphatic heterocycles. The summed E-state index contributed by atoms with van der Waals surface area (Å²) in [5.41, 5.74) is 1.49. The van der Waals surface area contributed by atoms with Gasteiger partial charge in [-0.15, -0.1) is 0 Å². The molecule has 1 aromatic heterocycles. The molecule has 0 spiro atoms. The van der Waals surface area contributed by atoms with Gasteiger partial charge in [-0.25, -0.2) is 4.39 Å². The quantitative estimate of drug-likeness (QED) is 0.945. The lowest BCUT2D eigenvalue weighted by atomic mass is 10.0. The Morgan fingerprint density at radius 2 is 2.17 bits per heavy atom. The summed E-state index contributed by atoms with van der Waals surface area (Å²) in [5, 5.41) is 13.9. The average Bonchev–Trinajstić information content (AvgIpc) is 3.13. The van der Waals surface area contributed by atoms with Gasteiger partial charge in [-0.1, -0.05) is 17.3 Å². The van der Waals surface area contributed by atoms with Gasteiger partial charge in [0.15, 0.2) is 0 Å². The highest BCUT2D eigenvalue weighted by Crippen LogP contribution is 2.40. The highest BCUT2D eigenvalue weighted by atomic mass is 19.1. The molecule has 120 valence electrons. The summed E-state index contributed by atoms with van der Waals surface area (Å²) in [4.78, 5) is 14.2. The number of hydrogen-bond acceptors (Lipinski definition) is 4. The zero-order valence-electron chi connectivity index (χ0n) is 12.5. The van der Waals surface area contributed by atoms with Crippen LogP contribution in [-0.2, 0) is 0 Å². The van der Waals surface area contributed by atoms with Gasteiger partial charge in [0.25, 0.3) is 5.91 Å². The van der Waals surface area contributed by atoms with E-state index in [2.05, 4.69) is 5.16 Å². The predicted octanol–water partition coefficient (Wildman–Crippen LogP) is 2.64. The molecule has 1 saturated carbocycles. The Kier molecular flexibility index (Phi) is 3.41. The number of hydrogen-bond donors (Lipinski definition) is 1. The number of nitrogens with zero attached hydrogens (tertiary/aromatic N) is 2. The molecule has 2 aliphatic rings. The van der Waals surface area contributed by atoms with Gasteiger partial charge in [0, 0.05) is 18.5 Å². The fraction of sp³-hybridized carbons (Fsp3) is 0.412. The minimum Gasteiger partial charge on any atom is -0.391 e. The molecule has 1 saturated heterocycles. The minimum absolute atomic E-state index is 0.183. The van der Waals surface area contributed by atoms with E-state index in [0.29, 0.717) is 17.9 Å². The van der Waals surface area contributed by atoms with Crippen LogP contribution in [0.15, 0.2) is 34.9 Å². The largest absolute Gasteiger partial charge is 0.391 e. The third-order valence-corrected chi connectivity index (χ3v) is 4.51. The summed E-state index contributed by atoms with van der Waals surface area (Å²) in [6, 6.07) is 7.47. The number of β-amino-alcohol motifs (C(OH)–C–C–N with tert-alkyl or cyclic N) is 1. The van der Waals surface area contributed by atoms with Crippen LogP contribution >= 0.6 is 0 Å². The Balaban J connectivity index is 1.60. The first-order valence-electron chi connectivity index (χ1n) is 7.83. The summed E-state index contributed by atoms with van der Waals surface area (Å²) >= 11 is 0. The summed E-state index contributed by atoms with van der Waals surface area (Å²) in [6.45, 7) is 0.208. The van der Waals surface area contributed by atoms with Gasteiger partial charge in [0.2, 0.25) is 5.76 Å². The van der Waals surface area contributed by atoms with Crippen molar-refractivity contribution in [1.29, 1.82) is 0 Å². The number of halogens is 1. The molecular weight excluding hydrogens is 299 g/mol. The van der Waals surface area contributed by atoms with Crippen LogP contribution in [0.25, 0.3) is 0 Å². The van der Waals surface area contributed by atoms with Gasteiger partial charge in [0.05, 0.1) is 17.8 Å². The number of benzene rings is 1. The van der Waals surface area contributed by atoms with E-state index in [0.717, 1.165) is 18.5 Å². The SMILES string of the molecule is O=C(c1cc(C2CC2)no1)N1C[C@H](O)C[C@H]1c1cccc(F)c1. The van der Waals surface area contributed by atoms with Crippen molar-refractivity contribution in [2.75, 3.05) is 6.54 Å². The maximum atomic E-state index is 13.5. The first kappa shape index (κ1) is 14.4. The molecule has 6 heteroatoms. The second-order valence-corrected chi connectivity index (χ2v) is 6.31. The zero-order valence-corrected chi connectivity index (χ0v) is 12.5. The lowest BCUT2D eigenvalue weighted by Crippen LogP contribution is -2.31. The monoisotopic (exact) mass is 316 g/mol. The van der Waals surface area contributed by atoms with E-state index >= 15 is 0 Å². The Labute approximate surface area is 132 Å². The molecule has 0 bridgehead atoms. The van der Waals surface area contributed by atoms with E-state index in [-0.39, 0.29) is 30.1 Å². The summed E-state index contributed by atoms with van der Waals surface area (Å²) in [6.07, 6.45) is 1.92. The first-order valence-corrected chi connectivity index (χ1v) is 7.83. The van der Waals surface area contributed by atoms with Crippen LogP contribution in [0.4, 0.5) is 4.39 Å². The molecule has 23 heavy (non-hydrogen) atoms. The highest BCUT2D eigenvalue weighted by molar-refractivity contribution is 5.92. The molecule has 0 unspecified atom stereocenters. The number of aromatic nitrogens is 1. The fourth-order valence-corrected chi connectivity index (χ4v) is 3.17. The van der Waals surface area contributed by atoms with E-state index in [4.69, 9.17) is 4.52 Å². The van der Waals surface area contributed by atoms with E-state index in [1.807, 2.05) is 0 Å². The van der Waals surface area contributed by atoms with Crippen molar-refractivity contribution in [3.63, 3.8) is 0 Å². The number of carbonyl (C=O) groups excluding carboxylic acids is 1. The number of likely N-dealkylation sites (tertiary alicyclic amines) is 1. The molecule has 1 amide bonds. The fourth-order valence-electron chi connectivity index (χ4n) is 3.17. The van der Waals surface area contributed by atoms with Crippen molar-refractivity contribution < 1.29 is 18.8 Å². The van der Waals surface area contributed by atoms with Crippen LogP contribution < -0.4 is 0 Å². The Hall–Kier alpha value is -2.21. The second kappa shape index (κ2) is 5.45. The van der Waals surface area contributed by atoms with Gasteiger partial charge in [-0.05, 0) is 37.0 Å². The smallest absolute Gasteiger partial charge is 0.293 e. The Morgan fingerprint density at radius 3 is 2.91 bits per heavy atom. The molecule has 5 nitrogen and oxygen atoms in total.